The third-order valence-corrected chi connectivity index (χ3v) is 12.5. The molecule has 62 heavy (non-hydrogen) atoms. The van der Waals surface area contributed by atoms with Crippen LogP contribution in [-0.2, 0) is 0 Å². The topological polar surface area (TPSA) is 16.4 Å². The number of anilines is 3. The zero-order valence-electron chi connectivity index (χ0n) is 33.9. The minimum Gasteiger partial charge on any atom is -0.455 e. The summed E-state index contributed by atoms with van der Waals surface area (Å²) in [5.74, 6) is 0. The Morgan fingerprint density at radius 1 is 0.258 bits per heavy atom. The molecule has 0 spiro atoms. The molecule has 0 atom stereocenters. The number of rotatable bonds is 7. The number of para-hydroxylation sites is 3. The van der Waals surface area contributed by atoms with Crippen molar-refractivity contribution in [1.82, 2.24) is 0 Å². The van der Waals surface area contributed by atoms with E-state index in [4.69, 9.17) is 4.42 Å². The van der Waals surface area contributed by atoms with Crippen molar-refractivity contribution in [1.29, 1.82) is 0 Å². The van der Waals surface area contributed by atoms with E-state index in [1.54, 1.807) is 0 Å². The van der Waals surface area contributed by atoms with Gasteiger partial charge in [-0.3, -0.25) is 0 Å². The number of furan rings is 1. The summed E-state index contributed by atoms with van der Waals surface area (Å²) in [6, 6.07) is 85.4. The SMILES string of the molecule is c1ccc(-c2ccc(-c3ccccc3N(c3ccc(-c4cc5ccccc5c5ccccc45)cc3)c3ccccc3-c3cccc4c3oc3c5ccccc5ccc43)cc2)cc1. The zero-order chi connectivity index (χ0) is 41.0. The highest BCUT2D eigenvalue weighted by atomic mass is 16.3. The van der Waals surface area contributed by atoms with Crippen molar-refractivity contribution < 1.29 is 4.42 Å². The third kappa shape index (κ3) is 5.96. The molecule has 11 aromatic carbocycles. The van der Waals surface area contributed by atoms with Gasteiger partial charge < -0.3 is 9.32 Å². The lowest BCUT2D eigenvalue weighted by Gasteiger charge is -2.30. The predicted octanol–water partition coefficient (Wildman–Crippen LogP) is 17.2. The molecule has 1 aromatic heterocycles. The molecule has 12 aromatic rings. The Balaban J connectivity index is 1.06. The van der Waals surface area contributed by atoms with E-state index in [0.717, 1.165) is 66.6 Å². The Morgan fingerprint density at radius 3 is 1.56 bits per heavy atom. The fourth-order valence-electron chi connectivity index (χ4n) is 9.51. The average molecular weight is 790 g/mol. The average Bonchev–Trinajstić information content (AvgIpc) is 3.75. The van der Waals surface area contributed by atoms with Crippen molar-refractivity contribution in [3.8, 4) is 44.5 Å². The summed E-state index contributed by atoms with van der Waals surface area (Å²) >= 11 is 0. The molecule has 2 heteroatoms. The molecule has 0 aliphatic carbocycles. The van der Waals surface area contributed by atoms with Crippen LogP contribution in [-0.4, -0.2) is 0 Å². The second kappa shape index (κ2) is 14.8. The van der Waals surface area contributed by atoms with Crippen LogP contribution >= 0.6 is 0 Å². The van der Waals surface area contributed by atoms with Crippen molar-refractivity contribution >= 4 is 71.3 Å². The van der Waals surface area contributed by atoms with Crippen molar-refractivity contribution in [3.05, 3.63) is 237 Å². The number of nitrogens with zero attached hydrogens (tertiary/aromatic N) is 1. The van der Waals surface area contributed by atoms with Gasteiger partial charge in [0.2, 0.25) is 0 Å². The standard InChI is InChI=1S/C60H39NO/c1-2-15-40(16-3-1)41-29-31-43(32-30-41)48-20-10-12-27-57(48)61(46-36-33-44(34-37-46)56-39-45-18-5-6-19-47(45)50-22-8-9-23-51(50)56)58-28-13-11-24-52(58)53-25-14-26-54-55-38-35-42-17-4-7-21-49(42)59(55)62-60(53)54/h1-39H. The molecule has 0 aliphatic rings. The molecular weight excluding hydrogens is 751 g/mol. The Hall–Kier alpha value is -8.20. The fourth-order valence-corrected chi connectivity index (χ4v) is 9.51. The molecular formula is C60H39NO. The van der Waals surface area contributed by atoms with Crippen molar-refractivity contribution in [2.45, 2.75) is 0 Å². The molecule has 12 rings (SSSR count). The number of hydrogen-bond donors (Lipinski definition) is 0. The first kappa shape index (κ1) is 35.7. The minimum atomic E-state index is 0.884. The molecule has 0 N–H and O–H groups in total. The lowest BCUT2D eigenvalue weighted by Crippen LogP contribution is -2.12. The molecule has 0 saturated carbocycles. The molecule has 0 saturated heterocycles. The number of hydrogen-bond acceptors (Lipinski definition) is 2. The van der Waals surface area contributed by atoms with E-state index in [9.17, 15) is 0 Å². The Kier molecular flexibility index (Phi) is 8.53. The molecule has 290 valence electrons. The van der Waals surface area contributed by atoms with E-state index in [2.05, 4.69) is 241 Å². The maximum absolute atomic E-state index is 6.95. The summed E-state index contributed by atoms with van der Waals surface area (Å²) in [4.78, 5) is 2.43. The van der Waals surface area contributed by atoms with Gasteiger partial charge >= 0.3 is 0 Å². The van der Waals surface area contributed by atoms with E-state index >= 15 is 0 Å². The first-order chi connectivity index (χ1) is 30.8. The molecule has 0 radical (unpaired) electrons. The van der Waals surface area contributed by atoms with Gasteiger partial charge in [-0.1, -0.05) is 200 Å². The van der Waals surface area contributed by atoms with Gasteiger partial charge in [0.05, 0.1) is 11.4 Å². The molecule has 0 aliphatic heterocycles. The zero-order valence-corrected chi connectivity index (χ0v) is 33.9. The fraction of sp³-hybridized carbons (Fsp3) is 0. The summed E-state index contributed by atoms with van der Waals surface area (Å²) in [5, 5.41) is 9.53. The van der Waals surface area contributed by atoms with E-state index < -0.39 is 0 Å². The summed E-state index contributed by atoms with van der Waals surface area (Å²) in [6.45, 7) is 0. The van der Waals surface area contributed by atoms with Crippen molar-refractivity contribution in [3.63, 3.8) is 0 Å². The lowest BCUT2D eigenvalue weighted by molar-refractivity contribution is 0.674. The molecule has 0 fully saturated rings. The summed E-state index contributed by atoms with van der Waals surface area (Å²) in [6.07, 6.45) is 0. The van der Waals surface area contributed by atoms with Gasteiger partial charge in [-0.2, -0.15) is 0 Å². The third-order valence-electron chi connectivity index (χ3n) is 12.5. The second-order valence-electron chi connectivity index (χ2n) is 16.0. The first-order valence-corrected chi connectivity index (χ1v) is 21.3. The van der Waals surface area contributed by atoms with Crippen molar-refractivity contribution in [2.75, 3.05) is 4.90 Å². The van der Waals surface area contributed by atoms with Gasteiger partial charge in [0.1, 0.15) is 11.2 Å². The molecule has 1 heterocycles. The monoisotopic (exact) mass is 789 g/mol. The van der Waals surface area contributed by atoms with E-state index in [0.29, 0.717) is 0 Å². The van der Waals surface area contributed by atoms with Crippen LogP contribution in [0.15, 0.2) is 241 Å². The van der Waals surface area contributed by atoms with Gasteiger partial charge in [-0.05, 0) is 91.1 Å². The van der Waals surface area contributed by atoms with Crippen LogP contribution in [0.25, 0.3) is 98.8 Å². The molecule has 0 bridgehead atoms. The Morgan fingerprint density at radius 2 is 0.774 bits per heavy atom. The minimum absolute atomic E-state index is 0.884. The quantitative estimate of drug-likeness (QED) is 0.150. The van der Waals surface area contributed by atoms with Crippen LogP contribution in [0, 0.1) is 0 Å². The maximum Gasteiger partial charge on any atom is 0.143 e. The maximum atomic E-state index is 6.95. The lowest BCUT2D eigenvalue weighted by atomic mass is 9.93. The number of fused-ring (bicyclic) bond motifs is 8. The Bertz CT molecular complexity index is 3620. The van der Waals surface area contributed by atoms with Crippen LogP contribution in [0.5, 0.6) is 0 Å². The molecule has 2 nitrogen and oxygen atoms in total. The smallest absolute Gasteiger partial charge is 0.143 e. The number of benzene rings is 11. The van der Waals surface area contributed by atoms with Crippen LogP contribution in [0.3, 0.4) is 0 Å². The van der Waals surface area contributed by atoms with Gasteiger partial charge in [0.25, 0.3) is 0 Å². The van der Waals surface area contributed by atoms with E-state index in [1.807, 2.05) is 0 Å². The first-order valence-electron chi connectivity index (χ1n) is 21.3. The predicted molar refractivity (Wildman–Crippen MR) is 263 cm³/mol. The largest absolute Gasteiger partial charge is 0.455 e. The van der Waals surface area contributed by atoms with Crippen LogP contribution < -0.4 is 4.90 Å². The second-order valence-corrected chi connectivity index (χ2v) is 16.0. The highest BCUT2D eigenvalue weighted by Gasteiger charge is 2.23. The molecule has 0 unspecified atom stereocenters. The van der Waals surface area contributed by atoms with Gasteiger partial charge in [-0.25, -0.2) is 0 Å². The highest BCUT2D eigenvalue weighted by Crippen LogP contribution is 2.48. The Labute approximate surface area is 360 Å². The van der Waals surface area contributed by atoms with Gasteiger partial charge in [-0.15, -0.1) is 0 Å². The van der Waals surface area contributed by atoms with Crippen LogP contribution in [0.4, 0.5) is 17.1 Å². The van der Waals surface area contributed by atoms with Gasteiger partial charge in [0.15, 0.2) is 0 Å². The normalized spacial score (nSPS) is 11.5. The van der Waals surface area contributed by atoms with Crippen molar-refractivity contribution in [2.24, 2.45) is 0 Å². The molecule has 0 amide bonds. The van der Waals surface area contributed by atoms with Gasteiger partial charge in [0, 0.05) is 38.5 Å². The highest BCUT2D eigenvalue weighted by molar-refractivity contribution is 6.18. The van der Waals surface area contributed by atoms with Crippen LogP contribution in [0.2, 0.25) is 0 Å². The summed E-state index contributed by atoms with van der Waals surface area (Å²) < 4.78 is 6.95. The van der Waals surface area contributed by atoms with Crippen LogP contribution in [0.1, 0.15) is 0 Å². The van der Waals surface area contributed by atoms with E-state index in [1.165, 1.54) is 49.2 Å². The summed E-state index contributed by atoms with van der Waals surface area (Å²) in [5.41, 5.74) is 14.2. The van der Waals surface area contributed by atoms with E-state index in [-0.39, 0.29) is 0 Å². The summed E-state index contributed by atoms with van der Waals surface area (Å²) in [7, 11) is 0.